The number of hydrogen-bond acceptors (Lipinski definition) is 4. The molecule has 0 heterocycles. The highest BCUT2D eigenvalue weighted by molar-refractivity contribution is 7.98. The molecule has 1 unspecified atom stereocenters. The van der Waals surface area contributed by atoms with Crippen LogP contribution in [0.15, 0.2) is 17.0 Å². The molecule has 0 radical (unpaired) electrons. The lowest BCUT2D eigenvalue weighted by atomic mass is 9.79. The zero-order chi connectivity index (χ0) is 12.5. The predicted octanol–water partition coefficient (Wildman–Crippen LogP) is 2.13. The van der Waals surface area contributed by atoms with Crippen LogP contribution < -0.4 is 10.5 Å². The van der Waals surface area contributed by atoms with E-state index >= 15 is 0 Å². The number of benzene rings is 1. The van der Waals surface area contributed by atoms with Gasteiger partial charge in [-0.15, -0.1) is 11.8 Å². The first-order chi connectivity index (χ1) is 8.13. The highest BCUT2D eigenvalue weighted by Gasteiger charge is 2.33. The van der Waals surface area contributed by atoms with Gasteiger partial charge in [0.25, 0.3) is 0 Å². The van der Waals surface area contributed by atoms with Gasteiger partial charge in [-0.05, 0) is 36.8 Å². The van der Waals surface area contributed by atoms with Gasteiger partial charge >= 0.3 is 0 Å². The number of nitrogens with zero attached hydrogens (tertiary/aromatic N) is 1. The molecule has 1 aliphatic carbocycles. The summed E-state index contributed by atoms with van der Waals surface area (Å²) in [6, 6.07) is 6.27. The van der Waals surface area contributed by atoms with Crippen molar-refractivity contribution >= 4 is 11.8 Å². The zero-order valence-corrected chi connectivity index (χ0v) is 10.9. The first-order valence-corrected chi connectivity index (χ1v) is 6.79. The van der Waals surface area contributed by atoms with Gasteiger partial charge in [-0.2, -0.15) is 5.26 Å². The van der Waals surface area contributed by atoms with Gasteiger partial charge in [0.05, 0.1) is 13.2 Å². The van der Waals surface area contributed by atoms with Crippen LogP contribution in [0.2, 0.25) is 0 Å². The number of rotatable bonds is 2. The molecular weight excluding hydrogens is 232 g/mol. The lowest BCUT2D eigenvalue weighted by Crippen LogP contribution is -2.43. The van der Waals surface area contributed by atoms with Gasteiger partial charge in [-0.1, -0.05) is 0 Å². The van der Waals surface area contributed by atoms with E-state index in [0.29, 0.717) is 6.42 Å². The van der Waals surface area contributed by atoms with E-state index < -0.39 is 5.54 Å². The Kier molecular flexibility index (Phi) is 3.32. The van der Waals surface area contributed by atoms with Crippen molar-refractivity contribution in [2.24, 2.45) is 5.73 Å². The summed E-state index contributed by atoms with van der Waals surface area (Å²) < 4.78 is 5.38. The minimum absolute atomic E-state index is 0.580. The number of fused-ring (bicyclic) bond motifs is 1. The van der Waals surface area contributed by atoms with E-state index in [4.69, 9.17) is 15.7 Å². The quantitative estimate of drug-likeness (QED) is 0.814. The van der Waals surface area contributed by atoms with Gasteiger partial charge in [0.15, 0.2) is 0 Å². The number of hydrogen-bond donors (Lipinski definition) is 1. The van der Waals surface area contributed by atoms with Crippen LogP contribution in [0.3, 0.4) is 0 Å². The Hall–Kier alpha value is -1.18. The van der Waals surface area contributed by atoms with Crippen molar-refractivity contribution < 1.29 is 4.74 Å². The molecule has 3 nitrogen and oxygen atoms in total. The molecule has 0 amide bonds. The number of thioether (sulfide) groups is 1. The van der Waals surface area contributed by atoms with Crippen molar-refractivity contribution in [2.45, 2.75) is 29.7 Å². The van der Waals surface area contributed by atoms with Crippen LogP contribution in [-0.4, -0.2) is 18.9 Å². The first kappa shape index (κ1) is 12.3. The van der Waals surface area contributed by atoms with Crippen LogP contribution in [0.4, 0.5) is 0 Å². The highest BCUT2D eigenvalue weighted by atomic mass is 32.2. The minimum Gasteiger partial charge on any atom is -0.496 e. The van der Waals surface area contributed by atoms with Crippen LogP contribution in [0, 0.1) is 11.3 Å². The van der Waals surface area contributed by atoms with E-state index in [1.165, 1.54) is 10.5 Å². The highest BCUT2D eigenvalue weighted by Crippen LogP contribution is 2.38. The smallest absolute Gasteiger partial charge is 0.122 e. The number of ether oxygens (including phenoxy) is 1. The molecule has 0 aromatic heterocycles. The van der Waals surface area contributed by atoms with Crippen molar-refractivity contribution in [3.05, 3.63) is 23.3 Å². The van der Waals surface area contributed by atoms with E-state index in [9.17, 15) is 0 Å². The second-order valence-corrected chi connectivity index (χ2v) is 5.22. The summed E-state index contributed by atoms with van der Waals surface area (Å²) in [6.45, 7) is 0. The molecular formula is C13H16N2OS. The van der Waals surface area contributed by atoms with E-state index in [-0.39, 0.29) is 0 Å². The van der Waals surface area contributed by atoms with Crippen LogP contribution >= 0.6 is 11.8 Å². The van der Waals surface area contributed by atoms with Gasteiger partial charge in [0, 0.05) is 16.9 Å². The Labute approximate surface area is 106 Å². The third-order valence-electron chi connectivity index (χ3n) is 3.32. The second-order valence-electron chi connectivity index (χ2n) is 4.37. The summed E-state index contributed by atoms with van der Waals surface area (Å²) in [7, 11) is 1.66. The van der Waals surface area contributed by atoms with Gasteiger partial charge < -0.3 is 10.5 Å². The number of nitriles is 1. The van der Waals surface area contributed by atoms with Crippen LogP contribution in [0.1, 0.15) is 17.5 Å². The predicted molar refractivity (Wildman–Crippen MR) is 69.3 cm³/mol. The van der Waals surface area contributed by atoms with E-state index in [1.807, 2.05) is 6.07 Å². The minimum atomic E-state index is -0.739. The molecule has 4 heteroatoms. The zero-order valence-electron chi connectivity index (χ0n) is 10.1. The molecule has 1 aromatic carbocycles. The van der Waals surface area contributed by atoms with Crippen LogP contribution in [-0.2, 0) is 12.8 Å². The number of nitrogens with two attached hydrogens (primary N) is 1. The fourth-order valence-electron chi connectivity index (χ4n) is 2.35. The van der Waals surface area contributed by atoms with Crippen molar-refractivity contribution in [1.29, 1.82) is 5.26 Å². The van der Waals surface area contributed by atoms with Crippen LogP contribution in [0.5, 0.6) is 5.75 Å². The van der Waals surface area contributed by atoms with Gasteiger partial charge in [0.1, 0.15) is 11.3 Å². The average molecular weight is 248 g/mol. The average Bonchev–Trinajstić information content (AvgIpc) is 2.37. The Morgan fingerprint density at radius 1 is 1.47 bits per heavy atom. The summed E-state index contributed by atoms with van der Waals surface area (Å²) in [5, 5.41) is 9.14. The van der Waals surface area contributed by atoms with E-state index in [1.54, 1.807) is 18.9 Å². The fourth-order valence-corrected chi connectivity index (χ4v) is 3.02. The largest absolute Gasteiger partial charge is 0.496 e. The van der Waals surface area contributed by atoms with E-state index in [2.05, 4.69) is 18.4 Å². The standard InChI is InChI=1S/C13H16N2OS/c1-16-11-3-4-12(17-2)9-5-6-13(15,8-14)7-10(9)11/h3-4H,5-7,15H2,1-2H3. The maximum atomic E-state index is 9.14. The van der Waals surface area contributed by atoms with Crippen molar-refractivity contribution in [3.8, 4) is 11.8 Å². The van der Waals surface area contributed by atoms with Crippen molar-refractivity contribution in [2.75, 3.05) is 13.4 Å². The molecule has 1 aromatic rings. The molecule has 17 heavy (non-hydrogen) atoms. The Balaban J connectivity index is 2.52. The maximum Gasteiger partial charge on any atom is 0.122 e. The van der Waals surface area contributed by atoms with Gasteiger partial charge in [0.2, 0.25) is 0 Å². The lowest BCUT2D eigenvalue weighted by molar-refractivity contribution is 0.391. The molecule has 1 atom stereocenters. The molecule has 1 aliphatic rings. The monoisotopic (exact) mass is 248 g/mol. The third kappa shape index (κ3) is 2.13. The lowest BCUT2D eigenvalue weighted by Gasteiger charge is -2.30. The van der Waals surface area contributed by atoms with Crippen molar-refractivity contribution in [3.63, 3.8) is 0 Å². The summed E-state index contributed by atoms with van der Waals surface area (Å²) >= 11 is 1.73. The van der Waals surface area contributed by atoms with Gasteiger partial charge in [-0.3, -0.25) is 0 Å². The molecule has 0 saturated heterocycles. The normalized spacial score (nSPS) is 22.7. The molecule has 0 fully saturated rings. The van der Waals surface area contributed by atoms with E-state index in [0.717, 1.165) is 24.2 Å². The molecule has 0 spiro atoms. The summed E-state index contributed by atoms with van der Waals surface area (Å²) in [6.07, 6.45) is 4.22. The molecule has 2 rings (SSSR count). The fraction of sp³-hybridized carbons (Fsp3) is 0.462. The molecule has 0 aliphatic heterocycles. The maximum absolute atomic E-state index is 9.14. The van der Waals surface area contributed by atoms with Crippen molar-refractivity contribution in [1.82, 2.24) is 0 Å². The molecule has 0 saturated carbocycles. The SMILES string of the molecule is COc1ccc(SC)c2c1CC(N)(C#N)CC2. The summed E-state index contributed by atoms with van der Waals surface area (Å²) in [5.74, 6) is 0.850. The van der Waals surface area contributed by atoms with Crippen LogP contribution in [0.25, 0.3) is 0 Å². The topological polar surface area (TPSA) is 59.0 Å². The molecule has 2 N–H and O–H groups in total. The summed E-state index contributed by atoms with van der Waals surface area (Å²) in [5.41, 5.74) is 7.73. The van der Waals surface area contributed by atoms with Gasteiger partial charge in [-0.25, -0.2) is 0 Å². The molecule has 90 valence electrons. The Morgan fingerprint density at radius 3 is 2.82 bits per heavy atom. The third-order valence-corrected chi connectivity index (χ3v) is 4.14. The second kappa shape index (κ2) is 4.59. The summed E-state index contributed by atoms with van der Waals surface area (Å²) in [4.78, 5) is 1.26. The molecule has 0 bridgehead atoms. The Bertz CT molecular complexity index is 481. The first-order valence-electron chi connectivity index (χ1n) is 5.56. The number of methoxy groups -OCH3 is 1. The Morgan fingerprint density at radius 2 is 2.24 bits per heavy atom.